The molecule has 1 N–H and O–H groups in total. The van der Waals surface area contributed by atoms with Crippen LogP contribution in [-0.2, 0) is 16.1 Å². The molecule has 0 saturated heterocycles. The maximum atomic E-state index is 13.2. The van der Waals surface area contributed by atoms with Gasteiger partial charge in [0, 0.05) is 30.3 Å². The highest BCUT2D eigenvalue weighted by molar-refractivity contribution is 5.88. The minimum Gasteiger partial charge on any atom is -0.496 e. The fourth-order valence-electron chi connectivity index (χ4n) is 3.12. The molecule has 0 aliphatic carbocycles. The first-order valence-corrected chi connectivity index (χ1v) is 10.6. The molecule has 0 spiro atoms. The average molecular weight is 443 g/mol. The normalized spacial score (nSPS) is 12.0. The Labute approximate surface area is 190 Å². The molecular weight excluding hydrogens is 408 g/mol. The van der Waals surface area contributed by atoms with E-state index in [1.54, 1.807) is 44.2 Å². The number of methoxy groups -OCH3 is 2. The molecule has 0 fully saturated rings. The van der Waals surface area contributed by atoms with Crippen LogP contribution in [0.1, 0.15) is 38.8 Å². The van der Waals surface area contributed by atoms with Crippen molar-refractivity contribution < 1.29 is 23.8 Å². The Hall–Kier alpha value is -3.22. The highest BCUT2D eigenvalue weighted by atomic mass is 16.5. The van der Waals surface area contributed by atoms with Crippen molar-refractivity contribution in [1.82, 2.24) is 10.2 Å². The van der Waals surface area contributed by atoms with Gasteiger partial charge in [-0.3, -0.25) is 9.59 Å². The van der Waals surface area contributed by atoms with Gasteiger partial charge in [-0.05, 0) is 45.7 Å². The van der Waals surface area contributed by atoms with Crippen molar-refractivity contribution in [2.75, 3.05) is 20.8 Å². The van der Waals surface area contributed by atoms with Gasteiger partial charge in [-0.25, -0.2) is 0 Å². The molecule has 174 valence electrons. The Morgan fingerprint density at radius 3 is 2.09 bits per heavy atom. The predicted octanol–water partition coefficient (Wildman–Crippen LogP) is 3.72. The van der Waals surface area contributed by atoms with Gasteiger partial charge in [0.1, 0.15) is 23.3 Å². The zero-order valence-electron chi connectivity index (χ0n) is 20.0. The Balaban J connectivity index is 2.23. The van der Waals surface area contributed by atoms with E-state index in [0.717, 1.165) is 11.1 Å². The molecule has 0 bridgehead atoms. The van der Waals surface area contributed by atoms with Crippen molar-refractivity contribution in [3.63, 3.8) is 0 Å². The second kappa shape index (κ2) is 10.9. The van der Waals surface area contributed by atoms with Crippen molar-refractivity contribution >= 4 is 11.8 Å². The van der Waals surface area contributed by atoms with Gasteiger partial charge in [-0.15, -0.1) is 0 Å². The molecule has 0 radical (unpaired) electrons. The highest BCUT2D eigenvalue weighted by Gasteiger charge is 2.29. The van der Waals surface area contributed by atoms with Gasteiger partial charge in [0.25, 0.3) is 5.91 Å². The lowest BCUT2D eigenvalue weighted by molar-refractivity contribution is -0.142. The molecule has 1 atom stereocenters. The third-order valence-corrected chi connectivity index (χ3v) is 4.95. The number of nitrogens with one attached hydrogen (secondary N) is 1. The summed E-state index contributed by atoms with van der Waals surface area (Å²) in [4.78, 5) is 27.6. The van der Waals surface area contributed by atoms with Crippen LogP contribution >= 0.6 is 0 Å². The molecule has 0 aliphatic heterocycles. The van der Waals surface area contributed by atoms with Gasteiger partial charge in [0.15, 0.2) is 6.61 Å². The SMILES string of the molecule is COc1cc(OC)cc(OCC(=O)N(Cc2ccccc2C)[C@H](C)C(=O)NC(C)(C)C)c1. The minimum absolute atomic E-state index is 0.220. The summed E-state index contributed by atoms with van der Waals surface area (Å²) in [5.41, 5.74) is 1.61. The van der Waals surface area contributed by atoms with Crippen LogP contribution in [0.5, 0.6) is 17.2 Å². The van der Waals surface area contributed by atoms with Crippen LogP contribution in [0.15, 0.2) is 42.5 Å². The van der Waals surface area contributed by atoms with E-state index in [2.05, 4.69) is 5.32 Å². The number of hydrogen-bond donors (Lipinski definition) is 1. The zero-order valence-corrected chi connectivity index (χ0v) is 20.0. The Morgan fingerprint density at radius 1 is 1.00 bits per heavy atom. The number of carbonyl (C=O) groups excluding carboxylic acids is 2. The van der Waals surface area contributed by atoms with Crippen molar-refractivity contribution in [3.05, 3.63) is 53.6 Å². The van der Waals surface area contributed by atoms with Gasteiger partial charge in [0.2, 0.25) is 5.91 Å². The summed E-state index contributed by atoms with van der Waals surface area (Å²) in [5.74, 6) is 1.04. The lowest BCUT2D eigenvalue weighted by atomic mass is 10.1. The highest BCUT2D eigenvalue weighted by Crippen LogP contribution is 2.27. The molecule has 0 aliphatic rings. The first kappa shape index (κ1) is 25.0. The monoisotopic (exact) mass is 442 g/mol. The molecule has 0 unspecified atom stereocenters. The molecule has 2 aromatic carbocycles. The number of rotatable bonds is 9. The van der Waals surface area contributed by atoms with Crippen molar-refractivity contribution in [2.45, 2.75) is 52.7 Å². The van der Waals surface area contributed by atoms with Crippen LogP contribution in [0.4, 0.5) is 0 Å². The van der Waals surface area contributed by atoms with Crippen LogP contribution < -0.4 is 19.5 Å². The number of carbonyl (C=O) groups is 2. The number of ether oxygens (including phenoxy) is 3. The van der Waals surface area contributed by atoms with E-state index in [1.807, 2.05) is 52.0 Å². The first-order valence-electron chi connectivity index (χ1n) is 10.6. The third kappa shape index (κ3) is 7.18. The molecular formula is C25H34N2O5. The van der Waals surface area contributed by atoms with E-state index in [0.29, 0.717) is 23.8 Å². The summed E-state index contributed by atoms with van der Waals surface area (Å²) in [6, 6.07) is 12.2. The molecule has 0 aromatic heterocycles. The molecule has 2 rings (SSSR count). The zero-order chi connectivity index (χ0) is 23.9. The molecule has 0 saturated carbocycles. The Kier molecular flexibility index (Phi) is 8.52. The van der Waals surface area contributed by atoms with E-state index in [9.17, 15) is 9.59 Å². The molecule has 7 nitrogen and oxygen atoms in total. The second-order valence-corrected chi connectivity index (χ2v) is 8.70. The standard InChI is InChI=1S/C25H34N2O5/c1-17-10-8-9-11-19(17)15-27(18(2)24(29)26-25(3,4)5)23(28)16-32-22-13-20(30-6)12-21(14-22)31-7/h8-14,18H,15-16H2,1-7H3,(H,26,29)/t18-/m1/s1. The van der Waals surface area contributed by atoms with Crippen molar-refractivity contribution in [1.29, 1.82) is 0 Å². The maximum Gasteiger partial charge on any atom is 0.261 e. The second-order valence-electron chi connectivity index (χ2n) is 8.70. The third-order valence-electron chi connectivity index (χ3n) is 4.95. The Morgan fingerprint density at radius 2 is 1.56 bits per heavy atom. The Bertz CT molecular complexity index is 914. The largest absolute Gasteiger partial charge is 0.496 e. The van der Waals surface area contributed by atoms with E-state index >= 15 is 0 Å². The van der Waals surface area contributed by atoms with Crippen LogP contribution in [0, 0.1) is 6.92 Å². The number of benzene rings is 2. The first-order chi connectivity index (χ1) is 15.0. The van der Waals surface area contributed by atoms with Crippen molar-refractivity contribution in [2.24, 2.45) is 0 Å². The number of nitrogens with zero attached hydrogens (tertiary/aromatic N) is 1. The van der Waals surface area contributed by atoms with Crippen LogP contribution in [0.3, 0.4) is 0 Å². The average Bonchev–Trinajstić information content (AvgIpc) is 2.74. The summed E-state index contributed by atoms with van der Waals surface area (Å²) in [5, 5.41) is 2.95. The summed E-state index contributed by atoms with van der Waals surface area (Å²) in [6.07, 6.45) is 0. The molecule has 2 aromatic rings. The van der Waals surface area contributed by atoms with Gasteiger partial charge in [0.05, 0.1) is 14.2 Å². The number of hydrogen-bond acceptors (Lipinski definition) is 5. The van der Waals surface area contributed by atoms with Crippen LogP contribution in [0.2, 0.25) is 0 Å². The van der Waals surface area contributed by atoms with E-state index in [4.69, 9.17) is 14.2 Å². The number of amides is 2. The summed E-state index contributed by atoms with van der Waals surface area (Å²) in [6.45, 7) is 9.51. The number of aryl methyl sites for hydroxylation is 1. The topological polar surface area (TPSA) is 77.1 Å². The van der Waals surface area contributed by atoms with Gasteiger partial charge in [-0.1, -0.05) is 24.3 Å². The van der Waals surface area contributed by atoms with Gasteiger partial charge < -0.3 is 24.4 Å². The molecule has 0 heterocycles. The predicted molar refractivity (Wildman–Crippen MR) is 124 cm³/mol. The lowest BCUT2D eigenvalue weighted by Crippen LogP contribution is -2.53. The fourth-order valence-corrected chi connectivity index (χ4v) is 3.12. The van der Waals surface area contributed by atoms with Gasteiger partial charge in [-0.2, -0.15) is 0 Å². The van der Waals surface area contributed by atoms with E-state index in [1.165, 1.54) is 0 Å². The lowest BCUT2D eigenvalue weighted by Gasteiger charge is -2.31. The molecule has 32 heavy (non-hydrogen) atoms. The van der Waals surface area contributed by atoms with Crippen molar-refractivity contribution in [3.8, 4) is 17.2 Å². The maximum absolute atomic E-state index is 13.2. The fraction of sp³-hybridized carbons (Fsp3) is 0.440. The summed E-state index contributed by atoms with van der Waals surface area (Å²) < 4.78 is 16.3. The molecule has 7 heteroatoms. The molecule has 2 amide bonds. The quantitative estimate of drug-likeness (QED) is 0.640. The summed E-state index contributed by atoms with van der Waals surface area (Å²) in [7, 11) is 3.09. The van der Waals surface area contributed by atoms with Gasteiger partial charge >= 0.3 is 0 Å². The smallest absolute Gasteiger partial charge is 0.261 e. The van der Waals surface area contributed by atoms with Crippen LogP contribution in [-0.4, -0.2) is 49.1 Å². The summed E-state index contributed by atoms with van der Waals surface area (Å²) >= 11 is 0. The van der Waals surface area contributed by atoms with E-state index in [-0.39, 0.29) is 18.4 Å². The van der Waals surface area contributed by atoms with E-state index < -0.39 is 11.6 Å². The van der Waals surface area contributed by atoms with Crippen LogP contribution in [0.25, 0.3) is 0 Å². The minimum atomic E-state index is -0.676.